The van der Waals surface area contributed by atoms with Crippen LogP contribution in [-0.4, -0.2) is 168 Å². The Bertz CT molecular complexity index is 2630. The van der Waals surface area contributed by atoms with Crippen LogP contribution in [0, 0.1) is 34.5 Å². The minimum Gasteiger partial charge on any atom is -0.445 e. The molecule has 12 atom stereocenters. The first kappa shape index (κ1) is 63.2. The number of Topliss-reactive ketones (excluding diaryl/α,β-unsaturated/α-hetero) is 1. The number of aliphatic hydroxyl groups excluding tert-OH is 2. The number of carbonyl (C=O) groups is 9. The molecule has 7 rings (SSSR count). The number of benzene rings is 1. The highest BCUT2D eigenvalue weighted by Gasteiger charge is 2.76. The van der Waals surface area contributed by atoms with E-state index in [0.29, 0.717) is 56.2 Å². The number of ether oxygens (including phenoxy) is 4. The van der Waals surface area contributed by atoms with E-state index in [1.54, 1.807) is 50.3 Å². The SMILES string of the molecule is CCCC1O[C@@H]2CC3[C@@H]4CCC5=CC(=O)C=C[C@]5(C)[C@H]4[C@@H](O)C[C@]3(C)[C@]2(C(=O)COC(=O)N(C)CCN(C)C(=O)OCc2ccc(NC(=O)[C@H](CCCNC(N)O)NC(=O)[C@@H](NC(=O)CCCCCN3C(=O)C=CC3=O)C(C)C)cc2)O1. The number of allylic oxidation sites excluding steroid dienone is 4. The molecule has 23 heteroatoms. The van der Waals surface area contributed by atoms with E-state index < -0.39 is 89.8 Å². The monoisotopic (exact) mass is 1140 g/mol. The van der Waals surface area contributed by atoms with Gasteiger partial charge in [-0.3, -0.25) is 49.5 Å². The molecule has 82 heavy (non-hydrogen) atoms. The zero-order chi connectivity index (χ0) is 59.7. The molecule has 0 radical (unpaired) electrons. The average molecular weight is 1150 g/mol. The Hall–Kier alpha value is -6.37. The van der Waals surface area contributed by atoms with Crippen molar-refractivity contribution in [3.05, 3.63) is 65.8 Å². The van der Waals surface area contributed by atoms with Crippen LogP contribution in [-0.2, 0) is 59.1 Å². The van der Waals surface area contributed by atoms with Gasteiger partial charge in [0.15, 0.2) is 30.6 Å². The molecule has 1 saturated heterocycles. The number of carbonyl (C=O) groups excluding carboxylic acids is 9. The first-order valence-corrected chi connectivity index (χ1v) is 28.9. The number of nitrogens with one attached hydrogen (secondary N) is 4. The fraction of sp³-hybridized carbons (Fsp3) is 0.644. The summed E-state index contributed by atoms with van der Waals surface area (Å²) < 4.78 is 24.4. The fourth-order valence-electron chi connectivity index (χ4n) is 13.3. The number of imide groups is 1. The Kier molecular flexibility index (Phi) is 21.1. The molecule has 1 aromatic rings. The molecule has 2 heterocycles. The van der Waals surface area contributed by atoms with Crippen LogP contribution in [0.1, 0.15) is 117 Å². The minimum atomic E-state index is -1.46. The first-order chi connectivity index (χ1) is 38.9. The van der Waals surface area contributed by atoms with Crippen molar-refractivity contribution in [2.45, 2.75) is 161 Å². The van der Waals surface area contributed by atoms with Crippen molar-refractivity contribution in [3.63, 3.8) is 0 Å². The maximum atomic E-state index is 14.7. The number of amides is 7. The molecule has 23 nitrogen and oxygen atoms in total. The van der Waals surface area contributed by atoms with Crippen LogP contribution in [0.4, 0.5) is 15.3 Å². The number of likely N-dealkylation sites (N-methyl/N-ethyl adjacent to an activating group) is 2. The molecular formula is C59H84N8O15. The van der Waals surface area contributed by atoms with Gasteiger partial charge in [0.1, 0.15) is 18.7 Å². The summed E-state index contributed by atoms with van der Waals surface area (Å²) >= 11 is 0. The Morgan fingerprint density at radius 2 is 1.59 bits per heavy atom. The lowest BCUT2D eigenvalue weighted by Crippen LogP contribution is -2.63. The van der Waals surface area contributed by atoms with Crippen molar-refractivity contribution in [1.82, 2.24) is 30.7 Å². The summed E-state index contributed by atoms with van der Waals surface area (Å²) in [7, 11) is 3.00. The number of hydrogen-bond donors (Lipinski definition) is 7. The highest BCUT2D eigenvalue weighted by Crippen LogP contribution is 2.69. The summed E-state index contributed by atoms with van der Waals surface area (Å²) in [5.41, 5.74) is 4.62. The van der Waals surface area contributed by atoms with Crippen molar-refractivity contribution in [2.24, 2.45) is 40.2 Å². The zero-order valence-electron chi connectivity index (χ0n) is 48.3. The Morgan fingerprint density at radius 3 is 2.24 bits per heavy atom. The molecule has 0 spiro atoms. The predicted octanol–water partition coefficient (Wildman–Crippen LogP) is 3.72. The summed E-state index contributed by atoms with van der Waals surface area (Å²) in [4.78, 5) is 121. The minimum absolute atomic E-state index is 0.0268. The van der Waals surface area contributed by atoms with Gasteiger partial charge in [-0.25, -0.2) is 9.59 Å². The van der Waals surface area contributed by atoms with E-state index >= 15 is 0 Å². The van der Waals surface area contributed by atoms with Crippen LogP contribution in [0.5, 0.6) is 0 Å². The van der Waals surface area contributed by atoms with Gasteiger partial charge in [-0.1, -0.05) is 71.2 Å². The van der Waals surface area contributed by atoms with Crippen LogP contribution < -0.4 is 27.0 Å². The molecule has 2 aliphatic heterocycles. The smallest absolute Gasteiger partial charge is 0.409 e. The number of ketones is 2. The van der Waals surface area contributed by atoms with Gasteiger partial charge in [0, 0.05) is 74.7 Å². The van der Waals surface area contributed by atoms with E-state index in [9.17, 15) is 53.4 Å². The van der Waals surface area contributed by atoms with Gasteiger partial charge in [-0.2, -0.15) is 0 Å². The predicted molar refractivity (Wildman–Crippen MR) is 298 cm³/mol. The molecular weight excluding hydrogens is 1060 g/mol. The summed E-state index contributed by atoms with van der Waals surface area (Å²) in [6.45, 7) is 9.50. The van der Waals surface area contributed by atoms with Crippen molar-refractivity contribution >= 4 is 59.0 Å². The Labute approximate surface area is 479 Å². The van der Waals surface area contributed by atoms with Crippen LogP contribution in [0.15, 0.2) is 60.2 Å². The van der Waals surface area contributed by atoms with Gasteiger partial charge in [-0.05, 0) is 112 Å². The Balaban J connectivity index is 0.862. The lowest BCUT2D eigenvalue weighted by molar-refractivity contribution is -0.200. The molecule has 7 amide bonds. The summed E-state index contributed by atoms with van der Waals surface area (Å²) in [6, 6.07) is 4.49. The van der Waals surface area contributed by atoms with Gasteiger partial charge in [0.25, 0.3) is 11.8 Å². The molecule has 6 aliphatic rings. The van der Waals surface area contributed by atoms with Gasteiger partial charge >= 0.3 is 12.2 Å². The molecule has 3 saturated carbocycles. The molecule has 3 unspecified atom stereocenters. The number of rotatable bonds is 27. The van der Waals surface area contributed by atoms with Crippen LogP contribution >= 0.6 is 0 Å². The van der Waals surface area contributed by atoms with E-state index in [0.717, 1.165) is 23.3 Å². The van der Waals surface area contributed by atoms with E-state index in [1.165, 1.54) is 36.0 Å². The number of unbranched alkanes of at least 4 members (excludes halogenated alkanes) is 2. The van der Waals surface area contributed by atoms with Gasteiger partial charge in [0.2, 0.25) is 23.5 Å². The first-order valence-electron chi connectivity index (χ1n) is 28.9. The summed E-state index contributed by atoms with van der Waals surface area (Å²) in [6.07, 6.45) is 8.66. The number of nitrogens with two attached hydrogens (primary N) is 1. The second kappa shape index (κ2) is 27.3. The lowest BCUT2D eigenvalue weighted by Gasteiger charge is -2.59. The van der Waals surface area contributed by atoms with Crippen LogP contribution in [0.2, 0.25) is 0 Å². The largest absolute Gasteiger partial charge is 0.445 e. The third kappa shape index (κ3) is 14.2. The van der Waals surface area contributed by atoms with Crippen molar-refractivity contribution < 1.29 is 72.3 Å². The normalized spacial score (nSPS) is 28.0. The molecule has 4 fully saturated rings. The molecule has 450 valence electrons. The Morgan fingerprint density at radius 1 is 0.902 bits per heavy atom. The number of anilines is 1. The molecule has 4 aliphatic carbocycles. The topological polar surface area (TPSA) is 315 Å². The average Bonchev–Trinajstić information content (AvgIpc) is 1.55. The molecule has 0 bridgehead atoms. The quantitative estimate of drug-likeness (QED) is 0.0375. The number of hydrogen-bond acceptors (Lipinski definition) is 17. The lowest BCUT2D eigenvalue weighted by atomic mass is 9.46. The summed E-state index contributed by atoms with van der Waals surface area (Å²) in [5.74, 6) is -3.20. The standard InChI is InChI=1S/C59H84N8O15/c1-8-13-49-81-45-31-41-40-21-18-37-30-39(68)24-25-57(37,4)50(40)43(69)32-58(41,5)59(45,82-49)44(70)34-80-56(78)66(7)29-28-65(6)55(77)79-33-36-16-19-38(20-17-36)62-52(74)42(14-12-26-61-54(60)76)63-53(75)51(35(2)3)64-46(71)15-10-9-11-27-67-47(72)22-23-48(67)73/h16-17,19-20,22-25,30,35,40-43,45,49-51,54,61,69,76H,8-15,18,21,26-29,31-34,60H2,1-7H3,(H,62,74)(H,63,75)(H,64,71)/t40-,41?,42-,43-,45+,49?,50+,51-,54?,57-,58-,59+/m0/s1. The molecule has 1 aromatic carbocycles. The maximum Gasteiger partial charge on any atom is 0.409 e. The number of aliphatic hydroxyl groups is 2. The zero-order valence-corrected chi connectivity index (χ0v) is 48.3. The van der Waals surface area contributed by atoms with Gasteiger partial charge in [-0.15, -0.1) is 0 Å². The van der Waals surface area contributed by atoms with Crippen molar-refractivity contribution in [2.75, 3.05) is 52.2 Å². The van der Waals surface area contributed by atoms with E-state index in [1.807, 2.05) is 19.9 Å². The third-order valence-electron chi connectivity index (χ3n) is 17.6. The highest BCUT2D eigenvalue weighted by atomic mass is 16.7. The maximum absolute atomic E-state index is 14.7. The number of nitrogens with zero attached hydrogens (tertiary/aromatic N) is 3. The van der Waals surface area contributed by atoms with E-state index in [4.69, 9.17) is 24.7 Å². The van der Waals surface area contributed by atoms with Crippen LogP contribution in [0.3, 0.4) is 0 Å². The van der Waals surface area contributed by atoms with E-state index in [2.05, 4.69) is 28.2 Å². The fourth-order valence-corrected chi connectivity index (χ4v) is 13.3. The van der Waals surface area contributed by atoms with Crippen molar-refractivity contribution in [1.29, 1.82) is 0 Å². The number of fused-ring (bicyclic) bond motifs is 7. The second-order valence-corrected chi connectivity index (χ2v) is 23.6. The molecule has 8 N–H and O–H groups in total. The second-order valence-electron chi connectivity index (χ2n) is 23.6. The molecule has 0 aromatic heterocycles. The highest BCUT2D eigenvalue weighted by molar-refractivity contribution is 6.12. The van der Waals surface area contributed by atoms with E-state index in [-0.39, 0.29) is 99.2 Å². The van der Waals surface area contributed by atoms with Crippen molar-refractivity contribution in [3.8, 4) is 0 Å². The van der Waals surface area contributed by atoms with Crippen LogP contribution in [0.25, 0.3) is 0 Å². The third-order valence-corrected chi connectivity index (χ3v) is 17.6. The van der Waals surface area contributed by atoms with Gasteiger partial charge < -0.3 is 54.9 Å². The summed E-state index contributed by atoms with van der Waals surface area (Å²) in [5, 5.41) is 32.5. The van der Waals surface area contributed by atoms with Gasteiger partial charge in [0.05, 0.1) is 12.2 Å².